The van der Waals surface area contributed by atoms with Gasteiger partial charge in [-0.25, -0.2) is 15.0 Å². The maximum absolute atomic E-state index is 10.3. The van der Waals surface area contributed by atoms with Crippen molar-refractivity contribution in [3.8, 4) is 0 Å². The largest absolute Gasteiger partial charge is 1.00 e. The monoisotopic (exact) mass is 242 g/mol. The van der Waals surface area contributed by atoms with Crippen LogP contribution in [-0.4, -0.2) is 25.5 Å². The summed E-state index contributed by atoms with van der Waals surface area (Å²) in [7, 11) is 0. The van der Waals surface area contributed by atoms with Crippen molar-refractivity contribution in [2.45, 2.75) is 26.3 Å². The van der Waals surface area contributed by atoms with Gasteiger partial charge in [0.2, 0.25) is 0 Å². The molecule has 0 fully saturated rings. The Morgan fingerprint density at radius 1 is 1.53 bits per heavy atom. The Morgan fingerprint density at radius 2 is 2.29 bits per heavy atom. The van der Waals surface area contributed by atoms with E-state index in [9.17, 15) is 9.90 Å². The molecule has 0 bridgehead atoms. The van der Waals surface area contributed by atoms with E-state index in [1.165, 1.54) is 6.33 Å². The van der Waals surface area contributed by atoms with E-state index in [0.717, 1.165) is 17.0 Å². The fraction of sp³-hybridized carbons (Fsp3) is 0.400. The summed E-state index contributed by atoms with van der Waals surface area (Å²) >= 11 is 0. The second-order valence-corrected chi connectivity index (χ2v) is 3.52. The van der Waals surface area contributed by atoms with Crippen molar-refractivity contribution in [3.05, 3.63) is 18.3 Å². The number of hydrogen-bond acceptors (Lipinski definition) is 5. The number of carboxylic acid groups (broad SMARTS) is 1. The summed E-state index contributed by atoms with van der Waals surface area (Å²) in [5, 5.41) is 10.3. The van der Waals surface area contributed by atoms with Crippen LogP contribution in [0.3, 0.4) is 0 Å². The van der Waals surface area contributed by atoms with Crippen molar-refractivity contribution in [1.29, 1.82) is 0 Å². The predicted molar refractivity (Wildman–Crippen MR) is 54.3 cm³/mol. The van der Waals surface area contributed by atoms with E-state index in [-0.39, 0.29) is 36.0 Å². The second kappa shape index (κ2) is 6.09. The van der Waals surface area contributed by atoms with Gasteiger partial charge in [-0.2, -0.15) is 0 Å². The Hall–Kier alpha value is -0.980. The Labute approximate surface area is 120 Å². The molecule has 0 saturated carbocycles. The number of carbonyl (C=O) groups excluding carboxylic acids is 1. The van der Waals surface area contributed by atoms with E-state index in [2.05, 4.69) is 15.0 Å². The number of hydrogen-bond donors (Lipinski definition) is 0. The minimum Gasteiger partial charge on any atom is -0.550 e. The van der Waals surface area contributed by atoms with E-state index in [0.29, 0.717) is 13.0 Å². The average molecular weight is 242 g/mol. The van der Waals surface area contributed by atoms with Gasteiger partial charge in [0.15, 0.2) is 5.65 Å². The topological polar surface area (TPSA) is 83.7 Å². The first-order valence-corrected chi connectivity index (χ1v) is 5.01. The van der Waals surface area contributed by atoms with Gasteiger partial charge < -0.3 is 14.5 Å². The van der Waals surface area contributed by atoms with Crippen LogP contribution >= 0.6 is 0 Å². The van der Waals surface area contributed by atoms with E-state index in [1.807, 2.05) is 11.5 Å². The van der Waals surface area contributed by atoms with Gasteiger partial charge in [-0.3, -0.25) is 0 Å². The van der Waals surface area contributed by atoms with Crippen LogP contribution in [0.2, 0.25) is 0 Å². The van der Waals surface area contributed by atoms with Crippen LogP contribution in [0.5, 0.6) is 0 Å². The van der Waals surface area contributed by atoms with E-state index in [1.54, 1.807) is 6.20 Å². The molecule has 2 rings (SSSR count). The van der Waals surface area contributed by atoms with Crippen molar-refractivity contribution in [2.75, 3.05) is 0 Å². The molecule has 84 valence electrons. The zero-order chi connectivity index (χ0) is 11.5. The quantitative estimate of drug-likeness (QED) is 0.524. The number of imidazole rings is 1. The van der Waals surface area contributed by atoms with Crippen LogP contribution < -0.4 is 34.7 Å². The molecule has 0 radical (unpaired) electrons. The number of carbonyl (C=O) groups is 1. The number of fused-ring (bicyclic) bond motifs is 1. The van der Waals surface area contributed by atoms with Crippen molar-refractivity contribution in [2.24, 2.45) is 0 Å². The summed E-state index contributed by atoms with van der Waals surface area (Å²) in [6.45, 7) is 2.44. The zero-order valence-corrected chi connectivity index (χ0v) is 11.9. The Kier molecular flexibility index (Phi) is 5.04. The smallest absolute Gasteiger partial charge is 0.550 e. The van der Waals surface area contributed by atoms with Crippen LogP contribution in [0.4, 0.5) is 0 Å². The molecule has 0 spiro atoms. The van der Waals surface area contributed by atoms with Gasteiger partial charge >= 0.3 is 29.6 Å². The molecule has 2 aromatic heterocycles. The van der Waals surface area contributed by atoms with Crippen LogP contribution in [-0.2, 0) is 11.3 Å². The molecule has 7 heteroatoms. The van der Waals surface area contributed by atoms with Crippen molar-refractivity contribution in [3.63, 3.8) is 0 Å². The van der Waals surface area contributed by atoms with Crippen molar-refractivity contribution >= 4 is 17.1 Å². The standard InChI is InChI=1S/C10H12N4O2.Na/c1-7-13-8-5-11-6-12-10(8)14(7)4-2-3-9(15)16;/h5-6H,2-4H2,1H3,(H,15,16);/q;+1/p-1. The number of carboxylic acids is 1. The molecule has 0 atom stereocenters. The molecule has 0 aliphatic carbocycles. The third-order valence-corrected chi connectivity index (χ3v) is 2.36. The summed E-state index contributed by atoms with van der Waals surface area (Å²) in [5.74, 6) is -0.217. The summed E-state index contributed by atoms with van der Waals surface area (Å²) in [6, 6.07) is 0. The molecule has 2 heterocycles. The number of aromatic nitrogens is 4. The molecule has 0 amide bonds. The molecular weight excluding hydrogens is 231 g/mol. The normalized spacial score (nSPS) is 10.2. The van der Waals surface area contributed by atoms with Gasteiger partial charge in [0.05, 0.1) is 6.20 Å². The van der Waals surface area contributed by atoms with Crippen LogP contribution in [0.1, 0.15) is 18.7 Å². The Balaban J connectivity index is 0.00000144. The van der Waals surface area contributed by atoms with Gasteiger partial charge in [0.1, 0.15) is 17.7 Å². The van der Waals surface area contributed by atoms with E-state index in [4.69, 9.17) is 0 Å². The molecule has 0 N–H and O–H groups in total. The zero-order valence-electron chi connectivity index (χ0n) is 9.88. The van der Waals surface area contributed by atoms with Crippen molar-refractivity contribution in [1.82, 2.24) is 19.5 Å². The fourth-order valence-corrected chi connectivity index (χ4v) is 1.64. The first-order chi connectivity index (χ1) is 7.68. The maximum atomic E-state index is 10.3. The second-order valence-electron chi connectivity index (χ2n) is 3.52. The maximum Gasteiger partial charge on any atom is 1.00 e. The number of nitrogens with zero attached hydrogens (tertiary/aromatic N) is 4. The number of aryl methyl sites for hydroxylation is 2. The van der Waals surface area contributed by atoms with Crippen molar-refractivity contribution < 1.29 is 39.5 Å². The Bertz CT molecular complexity index is 526. The molecule has 17 heavy (non-hydrogen) atoms. The number of aliphatic carboxylic acids is 1. The van der Waals surface area contributed by atoms with Crippen LogP contribution in [0.25, 0.3) is 11.2 Å². The fourth-order valence-electron chi connectivity index (χ4n) is 1.64. The molecular formula is C10H11N4NaO2. The van der Waals surface area contributed by atoms with Gasteiger partial charge in [0, 0.05) is 12.5 Å². The molecule has 0 aromatic carbocycles. The van der Waals surface area contributed by atoms with E-state index < -0.39 is 5.97 Å². The first kappa shape index (κ1) is 14.1. The summed E-state index contributed by atoms with van der Waals surface area (Å²) < 4.78 is 1.89. The van der Waals surface area contributed by atoms with Gasteiger partial charge in [-0.15, -0.1) is 0 Å². The predicted octanol–water partition coefficient (Wildman–Crippen LogP) is -3.33. The summed E-state index contributed by atoms with van der Waals surface area (Å²) in [6.07, 6.45) is 3.66. The number of rotatable bonds is 4. The minimum atomic E-state index is -1.03. The van der Waals surface area contributed by atoms with Gasteiger partial charge in [0.25, 0.3) is 0 Å². The molecule has 0 saturated heterocycles. The summed E-state index contributed by atoms with van der Waals surface area (Å²) in [5.41, 5.74) is 1.47. The molecule has 0 unspecified atom stereocenters. The molecule has 2 aromatic rings. The van der Waals surface area contributed by atoms with E-state index >= 15 is 0 Å². The van der Waals surface area contributed by atoms with Gasteiger partial charge in [-0.05, 0) is 19.8 Å². The SMILES string of the molecule is Cc1nc2cncnc2n1CCCC(=O)[O-].[Na+]. The Morgan fingerprint density at radius 3 is 3.00 bits per heavy atom. The molecule has 6 nitrogen and oxygen atoms in total. The van der Waals surface area contributed by atoms with Crippen LogP contribution in [0, 0.1) is 6.92 Å². The average Bonchev–Trinajstić information content (AvgIpc) is 2.55. The van der Waals surface area contributed by atoms with Gasteiger partial charge in [-0.1, -0.05) is 0 Å². The summed E-state index contributed by atoms with van der Waals surface area (Å²) in [4.78, 5) is 22.6. The third kappa shape index (κ3) is 3.24. The van der Waals surface area contributed by atoms with Crippen LogP contribution in [0.15, 0.2) is 12.5 Å². The molecule has 0 aliphatic rings. The first-order valence-electron chi connectivity index (χ1n) is 5.01. The third-order valence-electron chi connectivity index (χ3n) is 2.36. The molecule has 0 aliphatic heterocycles. The minimum absolute atomic E-state index is 0.